The highest BCUT2D eigenvalue weighted by molar-refractivity contribution is 5.08. The Labute approximate surface area is 98.4 Å². The van der Waals surface area contributed by atoms with Crippen LogP contribution in [0.25, 0.3) is 0 Å². The van der Waals surface area contributed by atoms with Crippen LogP contribution in [0.4, 0.5) is 0 Å². The SMILES string of the molecule is CCCNC(Cc1ccco1)C1CC1(C)C. The van der Waals surface area contributed by atoms with E-state index in [9.17, 15) is 0 Å². The van der Waals surface area contributed by atoms with E-state index in [1.165, 1.54) is 12.8 Å². The van der Waals surface area contributed by atoms with Crippen molar-refractivity contribution in [1.82, 2.24) is 5.32 Å². The largest absolute Gasteiger partial charge is 0.469 e. The summed E-state index contributed by atoms with van der Waals surface area (Å²) in [6.07, 6.45) is 5.34. The summed E-state index contributed by atoms with van der Waals surface area (Å²) in [5, 5.41) is 3.67. The standard InChI is InChI=1S/C14H23NO/c1-4-7-15-13(12-10-14(12,2)3)9-11-6-5-8-16-11/h5-6,8,12-13,15H,4,7,9-10H2,1-3H3. The van der Waals surface area contributed by atoms with E-state index in [0.29, 0.717) is 11.5 Å². The van der Waals surface area contributed by atoms with Gasteiger partial charge in [0.2, 0.25) is 0 Å². The van der Waals surface area contributed by atoms with Gasteiger partial charge in [-0.1, -0.05) is 20.8 Å². The number of nitrogens with one attached hydrogen (secondary N) is 1. The Kier molecular flexibility index (Phi) is 3.38. The minimum atomic E-state index is 0.526. The lowest BCUT2D eigenvalue weighted by Crippen LogP contribution is -2.35. The monoisotopic (exact) mass is 221 g/mol. The van der Waals surface area contributed by atoms with Crippen molar-refractivity contribution in [2.45, 2.75) is 46.1 Å². The topological polar surface area (TPSA) is 25.2 Å². The van der Waals surface area contributed by atoms with Crippen LogP contribution in [0.5, 0.6) is 0 Å². The van der Waals surface area contributed by atoms with E-state index in [4.69, 9.17) is 4.42 Å². The Morgan fingerprint density at radius 3 is 2.81 bits per heavy atom. The van der Waals surface area contributed by atoms with Crippen molar-refractivity contribution in [2.24, 2.45) is 11.3 Å². The summed E-state index contributed by atoms with van der Waals surface area (Å²) < 4.78 is 5.45. The zero-order valence-corrected chi connectivity index (χ0v) is 10.6. The van der Waals surface area contributed by atoms with Gasteiger partial charge in [0, 0.05) is 12.5 Å². The Bertz CT molecular complexity index is 315. The first-order chi connectivity index (χ1) is 7.63. The fourth-order valence-corrected chi connectivity index (χ4v) is 2.53. The molecule has 2 atom stereocenters. The molecule has 0 saturated heterocycles. The van der Waals surface area contributed by atoms with Crippen molar-refractivity contribution in [3.63, 3.8) is 0 Å². The molecule has 2 rings (SSSR count). The summed E-state index contributed by atoms with van der Waals surface area (Å²) in [5.74, 6) is 1.92. The second-order valence-corrected chi connectivity index (χ2v) is 5.64. The van der Waals surface area contributed by atoms with Crippen molar-refractivity contribution in [3.05, 3.63) is 24.2 Å². The average molecular weight is 221 g/mol. The van der Waals surface area contributed by atoms with Gasteiger partial charge >= 0.3 is 0 Å². The van der Waals surface area contributed by atoms with Crippen molar-refractivity contribution < 1.29 is 4.42 Å². The summed E-state index contributed by atoms with van der Waals surface area (Å²) in [7, 11) is 0. The Morgan fingerprint density at radius 2 is 2.31 bits per heavy atom. The first-order valence-corrected chi connectivity index (χ1v) is 6.39. The van der Waals surface area contributed by atoms with Crippen LogP contribution in [0.3, 0.4) is 0 Å². The predicted molar refractivity (Wildman–Crippen MR) is 66.4 cm³/mol. The molecule has 1 aliphatic carbocycles. The van der Waals surface area contributed by atoms with Gasteiger partial charge in [-0.15, -0.1) is 0 Å². The van der Waals surface area contributed by atoms with E-state index in [-0.39, 0.29) is 0 Å². The van der Waals surface area contributed by atoms with Crippen LogP contribution < -0.4 is 5.32 Å². The van der Waals surface area contributed by atoms with Crippen LogP contribution in [0.1, 0.15) is 39.4 Å². The van der Waals surface area contributed by atoms with E-state index in [1.54, 1.807) is 6.26 Å². The van der Waals surface area contributed by atoms with Gasteiger partial charge in [-0.3, -0.25) is 0 Å². The molecule has 1 N–H and O–H groups in total. The van der Waals surface area contributed by atoms with Gasteiger partial charge in [0.15, 0.2) is 0 Å². The highest BCUT2D eigenvalue weighted by Crippen LogP contribution is 2.54. The smallest absolute Gasteiger partial charge is 0.105 e. The maximum absolute atomic E-state index is 5.45. The summed E-state index contributed by atoms with van der Waals surface area (Å²) in [5.41, 5.74) is 0.526. The Balaban J connectivity index is 1.93. The maximum atomic E-state index is 5.45. The van der Waals surface area contributed by atoms with Gasteiger partial charge in [0.25, 0.3) is 0 Å². The fraction of sp³-hybridized carbons (Fsp3) is 0.714. The third-order valence-corrected chi connectivity index (χ3v) is 3.73. The van der Waals surface area contributed by atoms with Gasteiger partial charge in [0.05, 0.1) is 6.26 Å². The number of hydrogen-bond acceptors (Lipinski definition) is 2. The molecule has 1 heterocycles. The van der Waals surface area contributed by atoms with Crippen molar-refractivity contribution in [3.8, 4) is 0 Å². The molecule has 0 radical (unpaired) electrons. The molecule has 2 nitrogen and oxygen atoms in total. The molecule has 0 aromatic carbocycles. The first-order valence-electron chi connectivity index (χ1n) is 6.39. The van der Waals surface area contributed by atoms with Crippen LogP contribution in [0, 0.1) is 11.3 Å². The van der Waals surface area contributed by atoms with Crippen LogP contribution in [-0.2, 0) is 6.42 Å². The molecule has 1 aliphatic rings. The second-order valence-electron chi connectivity index (χ2n) is 5.64. The van der Waals surface area contributed by atoms with Crippen LogP contribution in [-0.4, -0.2) is 12.6 Å². The van der Waals surface area contributed by atoms with Gasteiger partial charge < -0.3 is 9.73 Å². The lowest BCUT2D eigenvalue weighted by molar-refractivity contribution is 0.375. The molecular weight excluding hydrogens is 198 g/mol. The van der Waals surface area contributed by atoms with Gasteiger partial charge in [-0.05, 0) is 42.9 Å². The molecule has 1 aromatic heterocycles. The minimum absolute atomic E-state index is 0.526. The van der Waals surface area contributed by atoms with E-state index in [1.807, 2.05) is 6.07 Å². The van der Waals surface area contributed by atoms with Crippen LogP contribution >= 0.6 is 0 Å². The van der Waals surface area contributed by atoms with Crippen molar-refractivity contribution >= 4 is 0 Å². The summed E-state index contributed by atoms with van der Waals surface area (Å²) in [6.45, 7) is 8.05. The number of furan rings is 1. The fourth-order valence-electron chi connectivity index (χ4n) is 2.53. The zero-order chi connectivity index (χ0) is 11.6. The van der Waals surface area contributed by atoms with Gasteiger partial charge in [0.1, 0.15) is 5.76 Å². The van der Waals surface area contributed by atoms with Crippen LogP contribution in [0.2, 0.25) is 0 Å². The lowest BCUT2D eigenvalue weighted by Gasteiger charge is -2.19. The minimum Gasteiger partial charge on any atom is -0.469 e. The number of hydrogen-bond donors (Lipinski definition) is 1. The van der Waals surface area contributed by atoms with E-state index in [0.717, 1.165) is 24.6 Å². The Morgan fingerprint density at radius 1 is 1.56 bits per heavy atom. The molecule has 90 valence electrons. The molecule has 2 heteroatoms. The molecule has 1 aromatic rings. The normalized spacial score (nSPS) is 24.3. The average Bonchev–Trinajstić information content (AvgIpc) is 2.67. The number of rotatable bonds is 6. The summed E-state index contributed by atoms with van der Waals surface area (Å²) >= 11 is 0. The first kappa shape index (κ1) is 11.7. The van der Waals surface area contributed by atoms with E-state index in [2.05, 4.69) is 32.2 Å². The molecule has 0 aliphatic heterocycles. The quantitative estimate of drug-likeness (QED) is 0.797. The predicted octanol–water partition coefficient (Wildman–Crippen LogP) is 3.24. The molecule has 1 fully saturated rings. The zero-order valence-electron chi connectivity index (χ0n) is 10.6. The molecule has 16 heavy (non-hydrogen) atoms. The van der Waals surface area contributed by atoms with Gasteiger partial charge in [-0.2, -0.15) is 0 Å². The van der Waals surface area contributed by atoms with E-state index < -0.39 is 0 Å². The molecule has 0 bridgehead atoms. The highest BCUT2D eigenvalue weighted by Gasteiger charge is 2.49. The lowest BCUT2D eigenvalue weighted by atomic mass is 10.00. The van der Waals surface area contributed by atoms with Crippen LogP contribution in [0.15, 0.2) is 22.8 Å². The summed E-state index contributed by atoms with van der Waals surface area (Å²) in [6, 6.07) is 4.64. The van der Waals surface area contributed by atoms with E-state index >= 15 is 0 Å². The van der Waals surface area contributed by atoms with Gasteiger partial charge in [-0.25, -0.2) is 0 Å². The molecule has 1 saturated carbocycles. The highest BCUT2D eigenvalue weighted by atomic mass is 16.3. The third-order valence-electron chi connectivity index (χ3n) is 3.73. The molecule has 2 unspecified atom stereocenters. The Hall–Kier alpha value is -0.760. The van der Waals surface area contributed by atoms with Crippen molar-refractivity contribution in [2.75, 3.05) is 6.54 Å². The third kappa shape index (κ3) is 2.67. The van der Waals surface area contributed by atoms with Crippen molar-refractivity contribution in [1.29, 1.82) is 0 Å². The maximum Gasteiger partial charge on any atom is 0.105 e. The molecular formula is C14H23NO. The second kappa shape index (κ2) is 4.62. The molecule has 0 spiro atoms. The summed E-state index contributed by atoms with van der Waals surface area (Å²) in [4.78, 5) is 0. The molecule has 0 amide bonds.